The molecule has 122 valence electrons. The van der Waals surface area contributed by atoms with Gasteiger partial charge < -0.3 is 10.1 Å². The van der Waals surface area contributed by atoms with Gasteiger partial charge in [0.1, 0.15) is 11.5 Å². The third-order valence-electron chi connectivity index (χ3n) is 2.96. The maximum atomic E-state index is 12.5. The number of carbonyl (C=O) groups is 1. The van der Waals surface area contributed by atoms with E-state index in [0.717, 1.165) is 12.1 Å². The van der Waals surface area contributed by atoms with Crippen LogP contribution in [0.1, 0.15) is 12.5 Å². The van der Waals surface area contributed by atoms with E-state index in [1.807, 2.05) is 0 Å². The zero-order valence-corrected chi connectivity index (χ0v) is 12.8. The molecule has 1 aromatic rings. The van der Waals surface area contributed by atoms with Gasteiger partial charge in [-0.25, -0.2) is 9.59 Å². The second-order valence-corrected chi connectivity index (χ2v) is 5.48. The van der Waals surface area contributed by atoms with Crippen LogP contribution in [-0.4, -0.2) is 24.3 Å². The summed E-state index contributed by atoms with van der Waals surface area (Å²) in [5.41, 5.74) is -0.153. The molecule has 0 aromatic heterocycles. The van der Waals surface area contributed by atoms with Gasteiger partial charge in [-0.15, -0.1) is 11.8 Å². The Hall–Kier alpha value is -2.18. The highest BCUT2D eigenvalue weighted by molar-refractivity contribution is 8.03. The third kappa shape index (κ3) is 3.97. The molecule has 0 bridgehead atoms. The number of hydrogen-bond acceptors (Lipinski definition) is 5. The molecule has 8 heteroatoms. The minimum Gasteiger partial charge on any atom is -0.462 e. The Kier molecular flexibility index (Phi) is 5.18. The number of halogens is 3. The third-order valence-corrected chi connectivity index (χ3v) is 3.99. The predicted octanol–water partition coefficient (Wildman–Crippen LogP) is 3.40. The van der Waals surface area contributed by atoms with Crippen molar-refractivity contribution < 1.29 is 27.5 Å². The molecule has 1 heterocycles. The Morgan fingerprint density at radius 1 is 1.35 bits per heavy atom. The first-order valence-electron chi connectivity index (χ1n) is 6.59. The van der Waals surface area contributed by atoms with Crippen LogP contribution in [-0.2, 0) is 20.5 Å². The number of anilines is 1. The van der Waals surface area contributed by atoms with Gasteiger partial charge in [0.2, 0.25) is 0 Å². The van der Waals surface area contributed by atoms with Gasteiger partial charge in [0.05, 0.1) is 22.8 Å². The second-order valence-electron chi connectivity index (χ2n) is 4.49. The molecular formula is C15H12F3NO3S. The van der Waals surface area contributed by atoms with E-state index in [9.17, 15) is 22.8 Å². The minimum atomic E-state index is -4.41. The molecule has 0 atom stereocenters. The van der Waals surface area contributed by atoms with E-state index in [-0.39, 0.29) is 23.5 Å². The van der Waals surface area contributed by atoms with E-state index >= 15 is 0 Å². The van der Waals surface area contributed by atoms with E-state index in [4.69, 9.17) is 4.74 Å². The lowest BCUT2D eigenvalue weighted by Gasteiger charge is -2.11. The van der Waals surface area contributed by atoms with Crippen molar-refractivity contribution in [2.24, 2.45) is 0 Å². The second kappa shape index (κ2) is 6.93. The molecule has 2 rings (SSSR count). The van der Waals surface area contributed by atoms with Crippen molar-refractivity contribution in [1.82, 2.24) is 0 Å². The number of esters is 1. The Morgan fingerprint density at radius 3 is 2.52 bits per heavy atom. The van der Waals surface area contributed by atoms with Gasteiger partial charge in [-0.3, -0.25) is 0 Å². The van der Waals surface area contributed by atoms with Crippen LogP contribution >= 0.6 is 11.8 Å². The van der Waals surface area contributed by atoms with Crippen molar-refractivity contribution in [2.45, 2.75) is 13.1 Å². The van der Waals surface area contributed by atoms with E-state index in [0.29, 0.717) is 10.7 Å². The molecule has 1 N–H and O–H groups in total. The highest BCUT2D eigenvalue weighted by atomic mass is 32.2. The molecule has 0 amide bonds. The van der Waals surface area contributed by atoms with Gasteiger partial charge in [0.15, 0.2) is 0 Å². The quantitative estimate of drug-likeness (QED) is 0.671. The number of rotatable bonds is 4. The average Bonchev–Trinajstić information content (AvgIpc) is 2.90. The van der Waals surface area contributed by atoms with Gasteiger partial charge in [-0.2, -0.15) is 13.2 Å². The van der Waals surface area contributed by atoms with Crippen molar-refractivity contribution in [1.29, 1.82) is 0 Å². The fourth-order valence-corrected chi connectivity index (χ4v) is 2.93. The van der Waals surface area contributed by atoms with Crippen LogP contribution in [0.25, 0.3) is 0 Å². The van der Waals surface area contributed by atoms with E-state index in [1.165, 1.54) is 23.9 Å². The first-order chi connectivity index (χ1) is 10.9. The number of hydrogen-bond donors (Lipinski definition) is 1. The zero-order valence-electron chi connectivity index (χ0n) is 12.0. The van der Waals surface area contributed by atoms with E-state index < -0.39 is 17.7 Å². The van der Waals surface area contributed by atoms with Crippen LogP contribution in [0.2, 0.25) is 0 Å². The smallest absolute Gasteiger partial charge is 0.416 e. The van der Waals surface area contributed by atoms with Crippen LogP contribution in [0.4, 0.5) is 18.9 Å². The molecule has 23 heavy (non-hydrogen) atoms. The largest absolute Gasteiger partial charge is 0.462 e. The van der Waals surface area contributed by atoms with Crippen molar-refractivity contribution in [3.63, 3.8) is 0 Å². The first-order valence-corrected chi connectivity index (χ1v) is 7.58. The summed E-state index contributed by atoms with van der Waals surface area (Å²) < 4.78 is 42.5. The fourth-order valence-electron chi connectivity index (χ4n) is 1.90. The van der Waals surface area contributed by atoms with Gasteiger partial charge in [-0.05, 0) is 31.2 Å². The highest BCUT2D eigenvalue weighted by Crippen LogP contribution is 2.36. The van der Waals surface area contributed by atoms with Crippen molar-refractivity contribution in [3.05, 3.63) is 46.0 Å². The molecule has 0 spiro atoms. The lowest BCUT2D eigenvalue weighted by Crippen LogP contribution is -2.12. The number of nitrogens with one attached hydrogen (secondary N) is 1. The van der Waals surface area contributed by atoms with Crippen molar-refractivity contribution in [2.75, 3.05) is 17.7 Å². The monoisotopic (exact) mass is 343 g/mol. The van der Waals surface area contributed by atoms with Crippen LogP contribution in [0.5, 0.6) is 0 Å². The molecule has 0 saturated carbocycles. The summed E-state index contributed by atoms with van der Waals surface area (Å²) in [6.07, 6.45) is -4.41. The standard InChI is InChI=1S/C15H12F3NO3S/c1-2-22-14(21)12-9(7-20)8-23-13(12)19-11-5-3-10(4-6-11)15(16,17)18/h3-6,19H,2,8H2,1H3. The minimum absolute atomic E-state index is 0.0757. The molecular weight excluding hydrogens is 331 g/mol. The maximum absolute atomic E-state index is 12.5. The summed E-state index contributed by atoms with van der Waals surface area (Å²) >= 11 is 1.19. The predicted molar refractivity (Wildman–Crippen MR) is 80.4 cm³/mol. The lowest BCUT2D eigenvalue weighted by atomic mass is 10.1. The molecule has 4 nitrogen and oxygen atoms in total. The summed E-state index contributed by atoms with van der Waals surface area (Å²) in [5, 5.41) is 3.21. The maximum Gasteiger partial charge on any atom is 0.416 e. The summed E-state index contributed by atoms with van der Waals surface area (Å²) in [7, 11) is 0. The SMILES string of the molecule is CCOC(=O)C1=C(Nc2ccc(C(F)(F)F)cc2)SCC1=C=O. The molecule has 0 saturated heterocycles. The lowest BCUT2D eigenvalue weighted by molar-refractivity contribution is -0.138. The van der Waals surface area contributed by atoms with Crippen LogP contribution in [0, 0.1) is 0 Å². The fraction of sp³-hybridized carbons (Fsp3) is 0.267. The number of ether oxygens (including phenoxy) is 1. The Bertz CT molecular complexity index is 689. The molecule has 1 aliphatic heterocycles. The first kappa shape index (κ1) is 17.2. The Labute approximate surface area is 134 Å². The average molecular weight is 343 g/mol. The normalized spacial score (nSPS) is 14.7. The van der Waals surface area contributed by atoms with E-state index in [2.05, 4.69) is 5.32 Å². The summed E-state index contributed by atoms with van der Waals surface area (Å²) in [6.45, 7) is 1.78. The van der Waals surface area contributed by atoms with Crippen LogP contribution in [0.15, 0.2) is 40.4 Å². The number of benzene rings is 1. The van der Waals surface area contributed by atoms with Crippen LogP contribution in [0.3, 0.4) is 0 Å². The number of alkyl halides is 3. The summed E-state index contributed by atoms with van der Waals surface area (Å²) in [4.78, 5) is 22.8. The Balaban J connectivity index is 2.27. The van der Waals surface area contributed by atoms with E-state index in [1.54, 1.807) is 12.9 Å². The number of carbonyl (C=O) groups excluding carboxylic acids is 2. The van der Waals surface area contributed by atoms with Crippen molar-refractivity contribution >= 4 is 29.4 Å². The van der Waals surface area contributed by atoms with Crippen molar-refractivity contribution in [3.8, 4) is 0 Å². The topological polar surface area (TPSA) is 55.4 Å². The highest BCUT2D eigenvalue weighted by Gasteiger charge is 2.31. The summed E-state index contributed by atoms with van der Waals surface area (Å²) in [5.74, 6) is 1.29. The van der Waals surface area contributed by atoms with Gasteiger partial charge in [0.25, 0.3) is 0 Å². The summed E-state index contributed by atoms with van der Waals surface area (Å²) in [6, 6.07) is 4.37. The molecule has 0 radical (unpaired) electrons. The molecule has 1 aromatic carbocycles. The van der Waals surface area contributed by atoms with Gasteiger partial charge >= 0.3 is 12.1 Å². The molecule has 0 fully saturated rings. The zero-order chi connectivity index (χ0) is 17.0. The molecule has 0 aliphatic carbocycles. The Morgan fingerprint density at radius 2 is 2.00 bits per heavy atom. The van der Waals surface area contributed by atoms with Crippen LogP contribution < -0.4 is 5.32 Å². The number of thioether (sulfide) groups is 1. The van der Waals surface area contributed by atoms with Gasteiger partial charge in [0, 0.05) is 11.4 Å². The molecule has 0 unspecified atom stereocenters. The van der Waals surface area contributed by atoms with Gasteiger partial charge in [-0.1, -0.05) is 0 Å². The molecule has 1 aliphatic rings.